The van der Waals surface area contributed by atoms with Crippen LogP contribution in [-0.4, -0.2) is 34.4 Å². The Labute approximate surface area is 129 Å². The Morgan fingerprint density at radius 3 is 2.68 bits per heavy atom. The zero-order valence-corrected chi connectivity index (χ0v) is 13.8. The van der Waals surface area contributed by atoms with E-state index in [-0.39, 0.29) is 10.9 Å². The second-order valence-electron chi connectivity index (χ2n) is 5.68. The second kappa shape index (κ2) is 5.51. The molecule has 0 saturated carbocycles. The Morgan fingerprint density at radius 1 is 1.32 bits per heavy atom. The Bertz CT molecular complexity index is 778. The van der Waals surface area contributed by atoms with Crippen LogP contribution in [0, 0.1) is 20.8 Å². The molecule has 120 valence electrons. The monoisotopic (exact) mass is 324 g/mol. The summed E-state index contributed by atoms with van der Waals surface area (Å²) in [4.78, 5) is 4.56. The fraction of sp³-hybridized carbons (Fsp3) is 0.571. The predicted octanol–water partition coefficient (Wildman–Crippen LogP) is 2.24. The quantitative estimate of drug-likeness (QED) is 0.934. The minimum atomic E-state index is -3.61. The topological polar surface area (TPSA) is 92.1 Å². The van der Waals surface area contributed by atoms with Crippen LogP contribution >= 0.6 is 0 Å². The highest BCUT2D eigenvalue weighted by molar-refractivity contribution is 7.89. The van der Waals surface area contributed by atoms with Crippen LogP contribution in [-0.2, 0) is 10.0 Å². The average molecular weight is 324 g/mol. The molecule has 0 aliphatic carbocycles. The lowest BCUT2D eigenvalue weighted by Crippen LogP contribution is -2.39. The molecule has 0 amide bonds. The number of piperidine rings is 1. The number of furan rings is 1. The smallest absolute Gasteiger partial charge is 0.247 e. The fourth-order valence-corrected chi connectivity index (χ4v) is 4.83. The number of hydrogen-bond donors (Lipinski definition) is 1. The summed E-state index contributed by atoms with van der Waals surface area (Å²) in [5.74, 6) is 2.25. The molecule has 22 heavy (non-hydrogen) atoms. The number of hydrogen-bond acceptors (Lipinski definition) is 5. The second-order valence-corrected chi connectivity index (χ2v) is 7.54. The largest absolute Gasteiger partial charge is 0.465 e. The van der Waals surface area contributed by atoms with Gasteiger partial charge in [0.05, 0.1) is 6.04 Å². The van der Waals surface area contributed by atoms with E-state index >= 15 is 0 Å². The molecule has 0 spiro atoms. The van der Waals surface area contributed by atoms with Crippen molar-refractivity contribution in [2.24, 2.45) is 0 Å². The molecule has 0 radical (unpaired) electrons. The minimum Gasteiger partial charge on any atom is -0.465 e. The molecule has 8 heteroatoms. The van der Waals surface area contributed by atoms with Gasteiger partial charge in [0, 0.05) is 6.54 Å². The van der Waals surface area contributed by atoms with Crippen LogP contribution in [0.5, 0.6) is 0 Å². The summed E-state index contributed by atoms with van der Waals surface area (Å²) in [7, 11) is -3.61. The molecule has 0 aromatic carbocycles. The van der Waals surface area contributed by atoms with E-state index in [1.54, 1.807) is 19.9 Å². The zero-order chi connectivity index (χ0) is 15.9. The lowest BCUT2D eigenvalue weighted by Gasteiger charge is -2.32. The third kappa shape index (κ3) is 2.56. The van der Waals surface area contributed by atoms with Crippen molar-refractivity contribution in [2.45, 2.75) is 51.0 Å². The van der Waals surface area contributed by atoms with Crippen molar-refractivity contribution in [1.29, 1.82) is 0 Å². The highest BCUT2D eigenvalue weighted by Crippen LogP contribution is 2.35. The van der Waals surface area contributed by atoms with Gasteiger partial charge in [0.2, 0.25) is 10.0 Å². The fourth-order valence-electron chi connectivity index (χ4n) is 2.95. The standard InChI is InChI=1S/C14H20N4O3S/c1-9-8-13(10(2)21-9)22(19,20)18-7-5-4-6-12(18)14-15-11(3)16-17-14/h8,12H,4-7H2,1-3H3,(H,15,16,17)/t12-/m1/s1. The van der Waals surface area contributed by atoms with Crippen LogP contribution in [0.25, 0.3) is 0 Å². The van der Waals surface area contributed by atoms with Crippen molar-refractivity contribution in [2.75, 3.05) is 6.54 Å². The molecule has 3 heterocycles. The summed E-state index contributed by atoms with van der Waals surface area (Å²) in [6.45, 7) is 5.71. The molecule has 0 bridgehead atoms. The van der Waals surface area contributed by atoms with E-state index in [2.05, 4.69) is 15.2 Å². The lowest BCUT2D eigenvalue weighted by atomic mass is 10.0. The third-order valence-corrected chi connectivity index (χ3v) is 5.96. The van der Waals surface area contributed by atoms with Crippen molar-refractivity contribution >= 4 is 10.0 Å². The molecule has 1 saturated heterocycles. The van der Waals surface area contributed by atoms with Gasteiger partial charge in [-0.15, -0.1) is 0 Å². The number of aromatic nitrogens is 3. The number of aromatic amines is 1. The molecule has 1 fully saturated rings. The van der Waals surface area contributed by atoms with Crippen LogP contribution in [0.1, 0.15) is 48.5 Å². The van der Waals surface area contributed by atoms with Crippen molar-refractivity contribution in [3.05, 3.63) is 29.2 Å². The van der Waals surface area contributed by atoms with Crippen molar-refractivity contribution < 1.29 is 12.8 Å². The molecule has 2 aromatic heterocycles. The summed E-state index contributed by atoms with van der Waals surface area (Å²) in [5.41, 5.74) is 0. The number of sulfonamides is 1. The first-order chi connectivity index (χ1) is 10.4. The van der Waals surface area contributed by atoms with E-state index in [9.17, 15) is 8.42 Å². The van der Waals surface area contributed by atoms with Gasteiger partial charge in [-0.2, -0.15) is 9.40 Å². The van der Waals surface area contributed by atoms with Crippen molar-refractivity contribution in [3.8, 4) is 0 Å². The van der Waals surface area contributed by atoms with Gasteiger partial charge in [0.25, 0.3) is 0 Å². The van der Waals surface area contributed by atoms with E-state index in [1.807, 2.05) is 6.92 Å². The number of nitrogens with zero attached hydrogens (tertiary/aromatic N) is 3. The van der Waals surface area contributed by atoms with E-state index in [0.717, 1.165) is 19.3 Å². The van der Waals surface area contributed by atoms with Crippen LogP contribution < -0.4 is 0 Å². The first-order valence-corrected chi connectivity index (χ1v) is 8.81. The Hall–Kier alpha value is -1.67. The average Bonchev–Trinajstić information content (AvgIpc) is 3.05. The molecule has 3 rings (SSSR count). The molecule has 1 aliphatic rings. The van der Waals surface area contributed by atoms with Gasteiger partial charge in [0.1, 0.15) is 22.2 Å². The van der Waals surface area contributed by atoms with Crippen molar-refractivity contribution in [1.82, 2.24) is 19.5 Å². The Balaban J connectivity index is 2.01. The zero-order valence-electron chi connectivity index (χ0n) is 13.0. The van der Waals surface area contributed by atoms with Crippen LogP contribution in [0.3, 0.4) is 0 Å². The van der Waals surface area contributed by atoms with Gasteiger partial charge in [0.15, 0.2) is 5.82 Å². The maximum atomic E-state index is 13.0. The van der Waals surface area contributed by atoms with Crippen molar-refractivity contribution in [3.63, 3.8) is 0 Å². The summed E-state index contributed by atoms with van der Waals surface area (Å²) in [5, 5.41) is 6.95. The number of aryl methyl sites for hydroxylation is 3. The minimum absolute atomic E-state index is 0.240. The van der Waals surface area contributed by atoms with Gasteiger partial charge >= 0.3 is 0 Å². The van der Waals surface area contributed by atoms with Crippen LogP contribution in [0.15, 0.2) is 15.4 Å². The van der Waals surface area contributed by atoms with Gasteiger partial charge in [-0.05, 0) is 39.7 Å². The van der Waals surface area contributed by atoms with E-state index in [0.29, 0.717) is 29.7 Å². The summed E-state index contributed by atoms with van der Waals surface area (Å²) in [6, 6.07) is 1.26. The summed E-state index contributed by atoms with van der Waals surface area (Å²) in [6.07, 6.45) is 2.54. The lowest BCUT2D eigenvalue weighted by molar-refractivity contribution is 0.246. The van der Waals surface area contributed by atoms with E-state index < -0.39 is 10.0 Å². The van der Waals surface area contributed by atoms with Gasteiger partial charge in [-0.1, -0.05) is 6.42 Å². The first-order valence-electron chi connectivity index (χ1n) is 7.37. The molecular formula is C14H20N4O3S. The SMILES string of the molecule is Cc1nc([C@H]2CCCCN2S(=O)(=O)c2cc(C)oc2C)n[nH]1. The highest BCUT2D eigenvalue weighted by Gasteiger charge is 2.38. The molecule has 7 nitrogen and oxygen atoms in total. The molecular weight excluding hydrogens is 304 g/mol. The maximum Gasteiger partial charge on any atom is 0.247 e. The first kappa shape index (κ1) is 15.2. The van der Waals surface area contributed by atoms with Crippen LogP contribution in [0.2, 0.25) is 0 Å². The Morgan fingerprint density at radius 2 is 2.09 bits per heavy atom. The summed E-state index contributed by atoms with van der Waals surface area (Å²) < 4.78 is 32.9. The van der Waals surface area contributed by atoms with Crippen LogP contribution in [0.4, 0.5) is 0 Å². The van der Waals surface area contributed by atoms with Gasteiger partial charge in [-0.25, -0.2) is 13.4 Å². The van der Waals surface area contributed by atoms with E-state index in [4.69, 9.17) is 4.42 Å². The maximum absolute atomic E-state index is 13.0. The third-order valence-electron chi connectivity index (χ3n) is 3.95. The van der Waals surface area contributed by atoms with Gasteiger partial charge in [-0.3, -0.25) is 5.10 Å². The number of rotatable bonds is 3. The Kier molecular flexibility index (Phi) is 3.82. The number of H-pyrrole nitrogens is 1. The number of nitrogens with one attached hydrogen (secondary N) is 1. The predicted molar refractivity (Wildman–Crippen MR) is 79.8 cm³/mol. The molecule has 0 unspecified atom stereocenters. The molecule has 1 atom stereocenters. The molecule has 2 aromatic rings. The normalized spacial score (nSPS) is 20.4. The molecule has 1 N–H and O–H groups in total. The van der Waals surface area contributed by atoms with Gasteiger partial charge < -0.3 is 4.42 Å². The summed E-state index contributed by atoms with van der Waals surface area (Å²) >= 11 is 0. The highest BCUT2D eigenvalue weighted by atomic mass is 32.2. The van der Waals surface area contributed by atoms with E-state index in [1.165, 1.54) is 4.31 Å². The molecule has 1 aliphatic heterocycles.